The molecule has 0 spiro atoms. The minimum Gasteiger partial charge on any atom is -0.394 e. The summed E-state index contributed by atoms with van der Waals surface area (Å²) in [5.41, 5.74) is 0. The van der Waals surface area contributed by atoms with Gasteiger partial charge in [-0.15, -0.1) is 12.4 Å². The molecule has 1 atom stereocenters. The van der Waals surface area contributed by atoms with Crippen LogP contribution < -0.4 is 0 Å². The Morgan fingerprint density at radius 2 is 1.32 bits per heavy atom. The van der Waals surface area contributed by atoms with Crippen molar-refractivity contribution in [2.24, 2.45) is 0 Å². The highest BCUT2D eigenvalue weighted by Gasteiger charge is 2.13. The van der Waals surface area contributed by atoms with E-state index in [4.69, 9.17) is 5.11 Å². The predicted molar refractivity (Wildman–Crippen MR) is 97.6 cm³/mol. The number of carbonyl (C=O) groups is 1. The lowest BCUT2D eigenvalue weighted by Gasteiger charge is -2.23. The summed E-state index contributed by atoms with van der Waals surface area (Å²) in [5.74, 6) is 0.160. The molecular weight excluding hydrogens is 298 g/mol. The van der Waals surface area contributed by atoms with Crippen molar-refractivity contribution < 1.29 is 9.90 Å². The van der Waals surface area contributed by atoms with Crippen LogP contribution in [-0.2, 0) is 4.79 Å². The lowest BCUT2D eigenvalue weighted by Crippen LogP contribution is -2.37. The molecular formula is C18H38ClNO2. The van der Waals surface area contributed by atoms with Gasteiger partial charge in [-0.2, -0.15) is 0 Å². The smallest absolute Gasteiger partial charge is 0.222 e. The van der Waals surface area contributed by atoms with Crippen LogP contribution in [0.2, 0.25) is 0 Å². The molecule has 0 rings (SSSR count). The number of aliphatic hydroxyl groups excluding tert-OH is 1. The molecule has 0 aromatic heterocycles. The fraction of sp³-hybridized carbons (Fsp3) is 0.944. The zero-order chi connectivity index (χ0) is 15.9. The van der Waals surface area contributed by atoms with Gasteiger partial charge in [-0.05, 0) is 13.3 Å². The fourth-order valence-electron chi connectivity index (χ4n) is 2.49. The summed E-state index contributed by atoms with van der Waals surface area (Å²) in [7, 11) is 1.78. The maximum Gasteiger partial charge on any atom is 0.222 e. The molecule has 0 aromatic rings. The second-order valence-corrected chi connectivity index (χ2v) is 6.32. The summed E-state index contributed by atoms with van der Waals surface area (Å²) in [5, 5.41) is 9.02. The molecule has 0 aromatic carbocycles. The Kier molecular flexibility index (Phi) is 18.6. The van der Waals surface area contributed by atoms with E-state index >= 15 is 0 Å². The molecule has 1 amide bonds. The van der Waals surface area contributed by atoms with Crippen molar-refractivity contribution in [2.75, 3.05) is 13.7 Å². The van der Waals surface area contributed by atoms with Gasteiger partial charge in [-0.3, -0.25) is 4.79 Å². The minimum atomic E-state index is -0.0646. The van der Waals surface area contributed by atoms with Gasteiger partial charge in [0.1, 0.15) is 0 Å². The Hall–Kier alpha value is -0.280. The van der Waals surface area contributed by atoms with Crippen molar-refractivity contribution in [3.8, 4) is 0 Å². The third-order valence-electron chi connectivity index (χ3n) is 4.31. The molecule has 0 heterocycles. The molecule has 0 bridgehead atoms. The van der Waals surface area contributed by atoms with E-state index in [0.717, 1.165) is 12.8 Å². The van der Waals surface area contributed by atoms with E-state index in [1.165, 1.54) is 57.8 Å². The quantitative estimate of drug-likeness (QED) is 0.456. The molecule has 1 unspecified atom stereocenters. The molecule has 134 valence electrons. The maximum absolute atomic E-state index is 11.8. The van der Waals surface area contributed by atoms with Crippen molar-refractivity contribution in [2.45, 2.75) is 96.9 Å². The average molecular weight is 336 g/mol. The SMILES string of the molecule is CCCCCCCCCCCCCC(=O)N(C)C(C)CO.Cl. The van der Waals surface area contributed by atoms with Gasteiger partial charge in [0.05, 0.1) is 12.6 Å². The number of nitrogens with zero attached hydrogens (tertiary/aromatic N) is 1. The first-order valence-electron chi connectivity index (χ1n) is 9.00. The first-order valence-corrected chi connectivity index (χ1v) is 9.00. The summed E-state index contributed by atoms with van der Waals surface area (Å²) < 4.78 is 0. The molecule has 0 aliphatic heterocycles. The second-order valence-electron chi connectivity index (χ2n) is 6.32. The lowest BCUT2D eigenvalue weighted by atomic mass is 10.1. The number of unbranched alkanes of at least 4 members (excludes halogenated alkanes) is 10. The third-order valence-corrected chi connectivity index (χ3v) is 4.31. The summed E-state index contributed by atoms with van der Waals surface area (Å²) in [6.45, 7) is 4.17. The molecule has 1 N–H and O–H groups in total. The fourth-order valence-corrected chi connectivity index (χ4v) is 2.49. The van der Waals surface area contributed by atoms with E-state index in [9.17, 15) is 4.79 Å². The Balaban J connectivity index is 0. The molecule has 0 radical (unpaired) electrons. The topological polar surface area (TPSA) is 40.5 Å². The largest absolute Gasteiger partial charge is 0.394 e. The molecule has 4 heteroatoms. The van der Waals surface area contributed by atoms with Crippen molar-refractivity contribution in [3.63, 3.8) is 0 Å². The third kappa shape index (κ3) is 13.4. The maximum atomic E-state index is 11.8. The van der Waals surface area contributed by atoms with Crippen LogP contribution in [0.3, 0.4) is 0 Å². The van der Waals surface area contributed by atoms with Crippen LogP contribution in [0.1, 0.15) is 90.9 Å². The van der Waals surface area contributed by atoms with Crippen LogP contribution >= 0.6 is 12.4 Å². The monoisotopic (exact) mass is 335 g/mol. The number of halogens is 1. The molecule has 0 fully saturated rings. The van der Waals surface area contributed by atoms with Gasteiger partial charge in [0.15, 0.2) is 0 Å². The zero-order valence-corrected chi connectivity index (χ0v) is 15.8. The number of likely N-dealkylation sites (N-methyl/N-ethyl adjacent to an activating group) is 1. The summed E-state index contributed by atoms with van der Waals surface area (Å²) in [6.07, 6.45) is 15.0. The molecule has 0 aliphatic carbocycles. The zero-order valence-electron chi connectivity index (χ0n) is 15.0. The van der Waals surface area contributed by atoms with Crippen LogP contribution in [0.25, 0.3) is 0 Å². The summed E-state index contributed by atoms with van der Waals surface area (Å²) >= 11 is 0. The number of amides is 1. The second kappa shape index (κ2) is 17.1. The normalized spacial score (nSPS) is 11.8. The molecule has 0 aliphatic rings. The highest BCUT2D eigenvalue weighted by atomic mass is 35.5. The van der Waals surface area contributed by atoms with Crippen LogP contribution in [-0.4, -0.2) is 35.6 Å². The van der Waals surface area contributed by atoms with E-state index in [-0.39, 0.29) is 31.0 Å². The minimum absolute atomic E-state index is 0. The highest BCUT2D eigenvalue weighted by molar-refractivity contribution is 5.85. The van der Waals surface area contributed by atoms with Gasteiger partial charge in [0.25, 0.3) is 0 Å². The Morgan fingerprint density at radius 1 is 0.909 bits per heavy atom. The molecule has 22 heavy (non-hydrogen) atoms. The van der Waals surface area contributed by atoms with E-state index < -0.39 is 0 Å². The van der Waals surface area contributed by atoms with Crippen molar-refractivity contribution >= 4 is 18.3 Å². The van der Waals surface area contributed by atoms with Gasteiger partial charge in [-0.1, -0.05) is 71.1 Å². The standard InChI is InChI=1S/C18H37NO2.ClH/c1-4-5-6-7-8-9-10-11-12-13-14-15-18(21)19(3)17(2)16-20;/h17,20H,4-16H2,1-3H3;1H. The van der Waals surface area contributed by atoms with Crippen LogP contribution in [0, 0.1) is 0 Å². The van der Waals surface area contributed by atoms with E-state index in [1.807, 2.05) is 6.92 Å². The van der Waals surface area contributed by atoms with Crippen LogP contribution in [0.4, 0.5) is 0 Å². The van der Waals surface area contributed by atoms with Gasteiger partial charge in [-0.25, -0.2) is 0 Å². The van der Waals surface area contributed by atoms with Crippen molar-refractivity contribution in [3.05, 3.63) is 0 Å². The Bertz CT molecular complexity index is 249. The van der Waals surface area contributed by atoms with Crippen LogP contribution in [0.15, 0.2) is 0 Å². The van der Waals surface area contributed by atoms with Gasteiger partial charge in [0.2, 0.25) is 5.91 Å². The number of carbonyl (C=O) groups excluding carboxylic acids is 1. The van der Waals surface area contributed by atoms with E-state index in [2.05, 4.69) is 6.92 Å². The first kappa shape index (κ1) is 24.0. The average Bonchev–Trinajstić information content (AvgIpc) is 2.50. The van der Waals surface area contributed by atoms with Gasteiger partial charge in [0, 0.05) is 13.5 Å². The molecule has 3 nitrogen and oxygen atoms in total. The van der Waals surface area contributed by atoms with E-state index in [1.54, 1.807) is 11.9 Å². The van der Waals surface area contributed by atoms with Crippen molar-refractivity contribution in [1.82, 2.24) is 4.90 Å². The molecule has 0 saturated carbocycles. The lowest BCUT2D eigenvalue weighted by molar-refractivity contribution is -0.132. The number of hydrogen-bond acceptors (Lipinski definition) is 2. The Labute approximate surface area is 144 Å². The summed E-state index contributed by atoms with van der Waals surface area (Å²) in [6, 6.07) is -0.0646. The van der Waals surface area contributed by atoms with Gasteiger partial charge < -0.3 is 10.0 Å². The first-order chi connectivity index (χ1) is 10.1. The number of hydrogen-bond donors (Lipinski definition) is 1. The van der Waals surface area contributed by atoms with Crippen LogP contribution in [0.5, 0.6) is 0 Å². The number of rotatable bonds is 14. The van der Waals surface area contributed by atoms with Gasteiger partial charge >= 0.3 is 0 Å². The van der Waals surface area contributed by atoms with E-state index in [0.29, 0.717) is 6.42 Å². The summed E-state index contributed by atoms with van der Waals surface area (Å²) in [4.78, 5) is 13.5. The number of aliphatic hydroxyl groups is 1. The predicted octanol–water partition coefficient (Wildman–Crippen LogP) is 4.95. The Morgan fingerprint density at radius 3 is 1.73 bits per heavy atom. The molecule has 0 saturated heterocycles. The van der Waals surface area contributed by atoms with Crippen molar-refractivity contribution in [1.29, 1.82) is 0 Å². The highest BCUT2D eigenvalue weighted by Crippen LogP contribution is 2.12.